The molecule has 140 valence electrons. The predicted octanol–water partition coefficient (Wildman–Crippen LogP) is 4.94. The van der Waals surface area contributed by atoms with Crippen molar-refractivity contribution in [3.8, 4) is 5.75 Å². The standard InChI is InChI=1S/C22H28BrNO2/c1-3-8-26-19-6-4-16(5-7-19)14-24(2)20(25)21-10-17-9-18(11-21)13-22(23,12-17)15-21/h3-7,17-18H,1,8-15H2,2H3. The van der Waals surface area contributed by atoms with Crippen molar-refractivity contribution in [1.29, 1.82) is 0 Å². The van der Waals surface area contributed by atoms with Gasteiger partial charge in [-0.25, -0.2) is 0 Å². The minimum atomic E-state index is -0.130. The van der Waals surface area contributed by atoms with Gasteiger partial charge >= 0.3 is 0 Å². The quantitative estimate of drug-likeness (QED) is 0.484. The lowest BCUT2D eigenvalue weighted by molar-refractivity contribution is -0.154. The highest BCUT2D eigenvalue weighted by Crippen LogP contribution is 2.64. The lowest BCUT2D eigenvalue weighted by atomic mass is 9.49. The van der Waals surface area contributed by atoms with Gasteiger partial charge in [-0.2, -0.15) is 0 Å². The molecule has 26 heavy (non-hydrogen) atoms. The van der Waals surface area contributed by atoms with Crippen molar-refractivity contribution < 1.29 is 9.53 Å². The Morgan fingerprint density at radius 3 is 2.50 bits per heavy atom. The van der Waals surface area contributed by atoms with E-state index < -0.39 is 0 Å². The minimum absolute atomic E-state index is 0.130. The Morgan fingerprint density at radius 1 is 1.27 bits per heavy atom. The van der Waals surface area contributed by atoms with E-state index in [0.29, 0.717) is 19.1 Å². The number of nitrogens with zero attached hydrogens (tertiary/aromatic N) is 1. The number of rotatable bonds is 6. The maximum atomic E-state index is 13.4. The predicted molar refractivity (Wildman–Crippen MR) is 107 cm³/mol. The van der Waals surface area contributed by atoms with Crippen molar-refractivity contribution in [3.63, 3.8) is 0 Å². The van der Waals surface area contributed by atoms with Crippen LogP contribution in [0.5, 0.6) is 5.75 Å². The molecule has 1 amide bonds. The van der Waals surface area contributed by atoms with Crippen LogP contribution >= 0.6 is 15.9 Å². The molecular weight excluding hydrogens is 390 g/mol. The molecule has 3 nitrogen and oxygen atoms in total. The van der Waals surface area contributed by atoms with Gasteiger partial charge in [0.25, 0.3) is 0 Å². The van der Waals surface area contributed by atoms with Gasteiger partial charge in [0.05, 0.1) is 5.41 Å². The summed E-state index contributed by atoms with van der Waals surface area (Å²) >= 11 is 4.01. The van der Waals surface area contributed by atoms with Gasteiger partial charge in [-0.1, -0.05) is 40.7 Å². The maximum absolute atomic E-state index is 13.4. The number of hydrogen-bond donors (Lipinski definition) is 0. The van der Waals surface area contributed by atoms with E-state index in [-0.39, 0.29) is 9.74 Å². The lowest BCUT2D eigenvalue weighted by Crippen LogP contribution is -2.58. The highest BCUT2D eigenvalue weighted by atomic mass is 79.9. The fourth-order valence-corrected chi connectivity index (χ4v) is 7.45. The third kappa shape index (κ3) is 3.33. The van der Waals surface area contributed by atoms with Crippen molar-refractivity contribution in [3.05, 3.63) is 42.5 Å². The maximum Gasteiger partial charge on any atom is 0.228 e. The smallest absolute Gasteiger partial charge is 0.228 e. The first kappa shape index (κ1) is 18.1. The van der Waals surface area contributed by atoms with Crippen molar-refractivity contribution in [2.24, 2.45) is 17.3 Å². The van der Waals surface area contributed by atoms with E-state index in [1.165, 1.54) is 19.3 Å². The molecule has 1 aromatic carbocycles. The molecule has 4 bridgehead atoms. The first-order valence-corrected chi connectivity index (χ1v) is 10.5. The summed E-state index contributed by atoms with van der Waals surface area (Å²) in [6.45, 7) is 4.83. The normalized spacial score (nSPS) is 34.5. The van der Waals surface area contributed by atoms with Crippen LogP contribution in [0.1, 0.15) is 44.1 Å². The van der Waals surface area contributed by atoms with Crippen LogP contribution in [-0.2, 0) is 11.3 Å². The minimum Gasteiger partial charge on any atom is -0.490 e. The Bertz CT molecular complexity index is 685. The Balaban J connectivity index is 1.44. The number of ether oxygens (including phenoxy) is 1. The summed E-state index contributed by atoms with van der Waals surface area (Å²) in [6, 6.07) is 8.03. The van der Waals surface area contributed by atoms with E-state index in [0.717, 1.165) is 42.4 Å². The fraction of sp³-hybridized carbons (Fsp3) is 0.591. The van der Waals surface area contributed by atoms with E-state index in [1.54, 1.807) is 6.08 Å². The average Bonchev–Trinajstić information content (AvgIpc) is 2.58. The van der Waals surface area contributed by atoms with Gasteiger partial charge in [-0.15, -0.1) is 0 Å². The van der Waals surface area contributed by atoms with Crippen LogP contribution in [0.4, 0.5) is 0 Å². The van der Waals surface area contributed by atoms with Crippen LogP contribution in [0.3, 0.4) is 0 Å². The van der Waals surface area contributed by atoms with Gasteiger partial charge < -0.3 is 9.64 Å². The van der Waals surface area contributed by atoms with E-state index in [1.807, 2.05) is 36.2 Å². The van der Waals surface area contributed by atoms with Gasteiger partial charge in [-0.05, 0) is 68.1 Å². The highest BCUT2D eigenvalue weighted by Gasteiger charge is 2.60. The summed E-state index contributed by atoms with van der Waals surface area (Å²) in [7, 11) is 1.96. The molecule has 0 saturated heterocycles. The molecule has 5 rings (SSSR count). The second kappa shape index (κ2) is 6.70. The molecule has 0 aromatic heterocycles. The van der Waals surface area contributed by atoms with Crippen LogP contribution in [0.15, 0.2) is 36.9 Å². The van der Waals surface area contributed by atoms with Gasteiger partial charge in [-0.3, -0.25) is 4.79 Å². The summed E-state index contributed by atoms with van der Waals surface area (Å²) in [6.07, 6.45) is 8.79. The third-order valence-electron chi connectivity index (χ3n) is 6.50. The van der Waals surface area contributed by atoms with Crippen LogP contribution in [0.25, 0.3) is 0 Å². The average molecular weight is 418 g/mol. The summed E-state index contributed by atoms with van der Waals surface area (Å²) in [5.74, 6) is 2.65. The molecule has 2 unspecified atom stereocenters. The number of hydrogen-bond acceptors (Lipinski definition) is 2. The third-order valence-corrected chi connectivity index (χ3v) is 7.43. The summed E-state index contributed by atoms with van der Waals surface area (Å²) in [4.78, 5) is 15.4. The molecule has 4 heteroatoms. The van der Waals surface area contributed by atoms with E-state index in [9.17, 15) is 4.79 Å². The second-order valence-corrected chi connectivity index (χ2v) is 10.5. The van der Waals surface area contributed by atoms with Crippen molar-refractivity contribution in [2.45, 2.75) is 49.4 Å². The molecule has 0 N–H and O–H groups in total. The number of halogens is 1. The van der Waals surface area contributed by atoms with E-state index in [2.05, 4.69) is 22.5 Å². The zero-order valence-corrected chi connectivity index (χ0v) is 17.1. The lowest BCUT2D eigenvalue weighted by Gasteiger charge is -2.60. The molecule has 0 spiro atoms. The van der Waals surface area contributed by atoms with Gasteiger partial charge in [0.1, 0.15) is 12.4 Å². The van der Waals surface area contributed by atoms with Crippen molar-refractivity contribution in [2.75, 3.05) is 13.7 Å². The zero-order valence-electron chi connectivity index (χ0n) is 15.5. The Hall–Kier alpha value is -1.29. The Labute approximate surface area is 164 Å². The molecule has 2 atom stereocenters. The number of carbonyl (C=O) groups is 1. The fourth-order valence-electron chi connectivity index (χ4n) is 6.00. The number of amides is 1. The molecule has 4 aliphatic carbocycles. The number of carbonyl (C=O) groups excluding carboxylic acids is 1. The summed E-state index contributed by atoms with van der Waals surface area (Å²) in [5, 5.41) is 0. The topological polar surface area (TPSA) is 29.5 Å². The molecule has 0 heterocycles. The van der Waals surface area contributed by atoms with Crippen LogP contribution in [0, 0.1) is 17.3 Å². The number of alkyl halides is 1. The van der Waals surface area contributed by atoms with E-state index in [4.69, 9.17) is 4.74 Å². The van der Waals surface area contributed by atoms with Crippen LogP contribution in [0.2, 0.25) is 0 Å². The van der Waals surface area contributed by atoms with Crippen LogP contribution < -0.4 is 4.74 Å². The molecule has 0 aliphatic heterocycles. The van der Waals surface area contributed by atoms with Crippen molar-refractivity contribution >= 4 is 21.8 Å². The first-order chi connectivity index (χ1) is 12.4. The van der Waals surface area contributed by atoms with Crippen LogP contribution in [-0.4, -0.2) is 28.8 Å². The Morgan fingerprint density at radius 2 is 1.92 bits per heavy atom. The molecule has 4 saturated carbocycles. The molecule has 4 fully saturated rings. The van der Waals surface area contributed by atoms with Crippen molar-refractivity contribution in [1.82, 2.24) is 4.90 Å². The SMILES string of the molecule is C=CCOc1ccc(CN(C)C(=O)C23CC4CC(CC(Br)(C4)C2)C3)cc1. The summed E-state index contributed by atoms with van der Waals surface area (Å²) in [5.41, 5.74) is 1.01. The first-order valence-electron chi connectivity index (χ1n) is 9.69. The Kier molecular flexibility index (Phi) is 4.66. The largest absolute Gasteiger partial charge is 0.490 e. The summed E-state index contributed by atoms with van der Waals surface area (Å²) < 4.78 is 5.75. The van der Waals surface area contributed by atoms with Gasteiger partial charge in [0.15, 0.2) is 0 Å². The van der Waals surface area contributed by atoms with Gasteiger partial charge in [0, 0.05) is 17.9 Å². The molecular formula is C22H28BrNO2. The second-order valence-electron chi connectivity index (χ2n) is 8.80. The molecule has 1 aromatic rings. The monoisotopic (exact) mass is 417 g/mol. The highest BCUT2D eigenvalue weighted by molar-refractivity contribution is 9.10. The zero-order chi connectivity index (χ0) is 18.4. The molecule has 0 radical (unpaired) electrons. The van der Waals surface area contributed by atoms with Gasteiger partial charge in [0.2, 0.25) is 5.91 Å². The van der Waals surface area contributed by atoms with E-state index >= 15 is 0 Å². The molecule has 4 aliphatic rings. The number of benzene rings is 1.